The van der Waals surface area contributed by atoms with Crippen molar-refractivity contribution >= 4 is 29.0 Å². The summed E-state index contributed by atoms with van der Waals surface area (Å²) in [5, 5.41) is -4.21. The van der Waals surface area contributed by atoms with Crippen LogP contribution in [-0.4, -0.2) is 30.1 Å². The number of ether oxygens (including phenoxy) is 1. The van der Waals surface area contributed by atoms with Gasteiger partial charge in [0.15, 0.2) is 0 Å². The molecular formula is C14H13ClF4N2O2. The predicted molar refractivity (Wildman–Crippen MR) is 78.2 cm³/mol. The van der Waals surface area contributed by atoms with Crippen molar-refractivity contribution in [2.24, 2.45) is 10.7 Å². The number of carbonyl (C=O) groups is 1. The molecule has 0 saturated heterocycles. The first-order valence-corrected chi connectivity index (χ1v) is 6.72. The second-order valence-corrected chi connectivity index (χ2v) is 4.62. The number of rotatable bonds is 6. The van der Waals surface area contributed by atoms with Crippen LogP contribution >= 0.6 is 11.6 Å². The molecule has 4 nitrogen and oxygen atoms in total. The number of hydrogen-bond acceptors (Lipinski definition) is 4. The van der Waals surface area contributed by atoms with Crippen molar-refractivity contribution in [1.29, 1.82) is 0 Å². The minimum Gasteiger partial charge on any atom is -0.462 e. The minimum absolute atomic E-state index is 0.0216. The average Bonchev–Trinajstić information content (AvgIpc) is 2.46. The summed E-state index contributed by atoms with van der Waals surface area (Å²) in [5.41, 5.74) is 1.04. The fourth-order valence-corrected chi connectivity index (χ4v) is 1.69. The van der Waals surface area contributed by atoms with E-state index in [0.717, 1.165) is 0 Å². The third kappa shape index (κ3) is 5.24. The van der Waals surface area contributed by atoms with E-state index in [2.05, 4.69) is 9.73 Å². The molecule has 126 valence electrons. The van der Waals surface area contributed by atoms with Gasteiger partial charge in [-0.2, -0.15) is 8.78 Å². The van der Waals surface area contributed by atoms with Crippen molar-refractivity contribution in [2.45, 2.75) is 18.7 Å². The van der Waals surface area contributed by atoms with Crippen LogP contribution in [0.1, 0.15) is 6.92 Å². The van der Waals surface area contributed by atoms with Gasteiger partial charge in [0.25, 0.3) is 6.43 Å². The molecule has 2 N–H and O–H groups in total. The lowest BCUT2D eigenvalue weighted by Gasteiger charge is -2.17. The van der Waals surface area contributed by atoms with Crippen LogP contribution in [0, 0.1) is 0 Å². The van der Waals surface area contributed by atoms with Crippen molar-refractivity contribution in [1.82, 2.24) is 0 Å². The van der Waals surface area contributed by atoms with Gasteiger partial charge in [-0.3, -0.25) is 0 Å². The van der Waals surface area contributed by atoms with Gasteiger partial charge in [0.1, 0.15) is 11.3 Å². The lowest BCUT2D eigenvalue weighted by molar-refractivity contribution is -0.138. The Balaban J connectivity index is 3.56. The number of halogens is 5. The van der Waals surface area contributed by atoms with Gasteiger partial charge in [0.05, 0.1) is 18.0 Å². The summed E-state index contributed by atoms with van der Waals surface area (Å²) in [6.07, 6.45) is -3.37. The molecule has 23 heavy (non-hydrogen) atoms. The summed E-state index contributed by atoms with van der Waals surface area (Å²) >= 11 is 4.93. The average molecular weight is 353 g/mol. The molecule has 0 fully saturated rings. The van der Waals surface area contributed by atoms with E-state index in [1.54, 1.807) is 6.07 Å². The van der Waals surface area contributed by atoms with E-state index in [1.165, 1.54) is 31.2 Å². The molecule has 0 unspecified atom stereocenters. The van der Waals surface area contributed by atoms with Crippen molar-refractivity contribution < 1.29 is 27.1 Å². The standard InChI is InChI=1S/C14H13ClF4N2O2/c1-2-23-13(22)9(10(20)12(16)17)11(14(15,18)19)21-8-6-4-3-5-7-8/h3-7,12H,2,20H2,1H3. The Labute approximate surface area is 134 Å². The SMILES string of the molecule is CCOC(=O)C(C(=Nc1ccccc1)C(F)(F)Cl)=C(N)C(F)F. The molecule has 1 aromatic carbocycles. The fraction of sp³-hybridized carbons (Fsp3) is 0.286. The maximum atomic E-state index is 13.6. The van der Waals surface area contributed by atoms with Crippen LogP contribution in [0.5, 0.6) is 0 Å². The molecule has 0 spiro atoms. The molecule has 0 aromatic heterocycles. The molecule has 1 rings (SSSR count). The molecule has 0 aliphatic carbocycles. The van der Waals surface area contributed by atoms with Crippen LogP contribution in [0.2, 0.25) is 0 Å². The highest BCUT2D eigenvalue weighted by molar-refractivity contribution is 6.40. The number of esters is 1. The molecule has 0 radical (unpaired) electrons. The van der Waals surface area contributed by atoms with Crippen LogP contribution in [0.25, 0.3) is 0 Å². The minimum atomic E-state index is -4.21. The summed E-state index contributed by atoms with van der Waals surface area (Å²) < 4.78 is 57.4. The summed E-state index contributed by atoms with van der Waals surface area (Å²) in [7, 11) is 0. The number of alkyl halides is 5. The van der Waals surface area contributed by atoms with E-state index in [0.29, 0.717) is 0 Å². The van der Waals surface area contributed by atoms with Crippen molar-refractivity contribution in [3.05, 3.63) is 41.6 Å². The second-order valence-electron chi connectivity index (χ2n) is 4.15. The zero-order chi connectivity index (χ0) is 17.6. The summed E-state index contributed by atoms with van der Waals surface area (Å²) in [5.74, 6) is -1.46. The Morgan fingerprint density at radius 1 is 1.35 bits per heavy atom. The van der Waals surface area contributed by atoms with Crippen LogP contribution < -0.4 is 5.73 Å². The zero-order valence-corrected chi connectivity index (χ0v) is 12.7. The van der Waals surface area contributed by atoms with Crippen LogP contribution in [0.15, 0.2) is 46.6 Å². The third-order valence-corrected chi connectivity index (χ3v) is 2.68. The first-order valence-electron chi connectivity index (χ1n) is 6.34. The molecule has 1 aromatic rings. The maximum absolute atomic E-state index is 13.6. The largest absolute Gasteiger partial charge is 0.462 e. The topological polar surface area (TPSA) is 64.7 Å². The lowest BCUT2D eigenvalue weighted by Crippen LogP contribution is -2.32. The van der Waals surface area contributed by atoms with E-state index in [4.69, 9.17) is 17.3 Å². The number of benzene rings is 1. The smallest absolute Gasteiger partial charge is 0.365 e. The Bertz CT molecular complexity index is 613. The van der Waals surface area contributed by atoms with E-state index in [-0.39, 0.29) is 12.3 Å². The van der Waals surface area contributed by atoms with E-state index in [1.807, 2.05) is 0 Å². The van der Waals surface area contributed by atoms with Gasteiger partial charge >= 0.3 is 11.4 Å². The molecule has 0 amide bonds. The highest BCUT2D eigenvalue weighted by Crippen LogP contribution is 2.30. The van der Waals surface area contributed by atoms with E-state index < -0.39 is 34.8 Å². The maximum Gasteiger partial charge on any atom is 0.365 e. The second kappa shape index (κ2) is 7.96. The molecule has 0 heterocycles. The zero-order valence-electron chi connectivity index (χ0n) is 11.9. The van der Waals surface area contributed by atoms with Crippen molar-refractivity contribution in [3.63, 3.8) is 0 Å². The number of allylic oxidation sites excluding steroid dienone is 1. The number of nitrogens with two attached hydrogens (primary N) is 1. The van der Waals surface area contributed by atoms with E-state index >= 15 is 0 Å². The lowest BCUT2D eigenvalue weighted by atomic mass is 10.1. The summed E-state index contributed by atoms with van der Waals surface area (Å²) in [6.45, 7) is 1.15. The van der Waals surface area contributed by atoms with Gasteiger partial charge in [-0.1, -0.05) is 18.2 Å². The highest BCUT2D eigenvalue weighted by Gasteiger charge is 2.41. The Morgan fingerprint density at radius 2 is 1.91 bits per heavy atom. The summed E-state index contributed by atoms with van der Waals surface area (Å²) in [6, 6.07) is 7.20. The Hall–Kier alpha value is -2.09. The summed E-state index contributed by atoms with van der Waals surface area (Å²) in [4.78, 5) is 15.3. The first-order chi connectivity index (χ1) is 10.7. The van der Waals surface area contributed by atoms with Crippen molar-refractivity contribution in [2.75, 3.05) is 6.61 Å². The number of aliphatic imine (C=N–C) groups is 1. The molecular weight excluding hydrogens is 340 g/mol. The molecule has 0 aliphatic heterocycles. The molecule has 0 aliphatic rings. The molecule has 0 atom stereocenters. The number of carbonyl (C=O) groups excluding carboxylic acids is 1. The van der Waals surface area contributed by atoms with Gasteiger partial charge in [0, 0.05) is 0 Å². The highest BCUT2D eigenvalue weighted by atomic mass is 35.5. The van der Waals surface area contributed by atoms with Gasteiger partial charge in [0.2, 0.25) is 0 Å². The molecule has 0 bridgehead atoms. The number of nitrogens with zero attached hydrogens (tertiary/aromatic N) is 1. The molecule has 0 saturated carbocycles. The van der Waals surface area contributed by atoms with Crippen LogP contribution in [0.4, 0.5) is 23.2 Å². The quantitative estimate of drug-likeness (QED) is 0.279. The number of hydrogen-bond donors (Lipinski definition) is 1. The fourth-order valence-electron chi connectivity index (χ4n) is 1.56. The molecule has 9 heteroatoms. The van der Waals surface area contributed by atoms with Crippen LogP contribution in [0.3, 0.4) is 0 Å². The monoisotopic (exact) mass is 352 g/mol. The van der Waals surface area contributed by atoms with Gasteiger partial charge in [-0.25, -0.2) is 18.6 Å². The van der Waals surface area contributed by atoms with E-state index in [9.17, 15) is 22.4 Å². The Kier molecular flexibility index (Phi) is 6.56. The van der Waals surface area contributed by atoms with Gasteiger partial charge in [-0.15, -0.1) is 0 Å². The first kappa shape index (κ1) is 19.0. The third-order valence-electron chi connectivity index (χ3n) is 2.51. The van der Waals surface area contributed by atoms with Crippen LogP contribution in [-0.2, 0) is 9.53 Å². The predicted octanol–water partition coefficient (Wildman–Crippen LogP) is 3.63. The normalized spacial score (nSPS) is 13.8. The Morgan fingerprint density at radius 3 is 2.35 bits per heavy atom. The van der Waals surface area contributed by atoms with Crippen molar-refractivity contribution in [3.8, 4) is 0 Å². The number of para-hydroxylation sites is 1. The van der Waals surface area contributed by atoms with Gasteiger partial charge < -0.3 is 10.5 Å². The van der Waals surface area contributed by atoms with Gasteiger partial charge in [-0.05, 0) is 30.7 Å².